The molecule has 0 aliphatic heterocycles. The molecular formula is C13H18F3NO2. The molecular weight excluding hydrogens is 259 g/mol. The molecule has 0 saturated heterocycles. The summed E-state index contributed by atoms with van der Waals surface area (Å²) in [5.74, 6) is 0.139. The van der Waals surface area contributed by atoms with Crippen molar-refractivity contribution in [1.82, 2.24) is 0 Å². The van der Waals surface area contributed by atoms with Crippen LogP contribution in [0.4, 0.5) is 13.2 Å². The van der Waals surface area contributed by atoms with Gasteiger partial charge in [0.1, 0.15) is 11.5 Å². The number of benzene rings is 1. The lowest BCUT2D eigenvalue weighted by atomic mass is 9.82. The molecule has 0 saturated carbocycles. The summed E-state index contributed by atoms with van der Waals surface area (Å²) < 4.78 is 45.6. The highest BCUT2D eigenvalue weighted by Gasteiger charge is 2.32. The van der Waals surface area contributed by atoms with E-state index in [1.165, 1.54) is 25.3 Å². The first kappa shape index (κ1) is 15.6. The molecule has 0 amide bonds. The Hall–Kier alpha value is -1.43. The second-order valence-electron chi connectivity index (χ2n) is 5.30. The smallest absolute Gasteiger partial charge is 0.496 e. The Morgan fingerprint density at radius 2 is 1.74 bits per heavy atom. The van der Waals surface area contributed by atoms with Crippen LogP contribution in [-0.4, -0.2) is 13.5 Å². The molecule has 1 aromatic rings. The Morgan fingerprint density at radius 1 is 1.16 bits per heavy atom. The number of hydrogen-bond acceptors (Lipinski definition) is 3. The summed E-state index contributed by atoms with van der Waals surface area (Å²) in [7, 11) is 1.44. The number of methoxy groups -OCH3 is 1. The molecule has 6 heteroatoms. The van der Waals surface area contributed by atoms with Gasteiger partial charge in [0.25, 0.3) is 0 Å². The first-order valence-electron chi connectivity index (χ1n) is 5.74. The van der Waals surface area contributed by atoms with Gasteiger partial charge in [0.2, 0.25) is 0 Å². The lowest BCUT2D eigenvalue weighted by Crippen LogP contribution is -2.27. The monoisotopic (exact) mass is 277 g/mol. The number of hydrogen-bond donors (Lipinski definition) is 1. The molecule has 0 aliphatic carbocycles. The van der Waals surface area contributed by atoms with Crippen molar-refractivity contribution in [2.75, 3.05) is 7.11 Å². The van der Waals surface area contributed by atoms with Gasteiger partial charge in [-0.1, -0.05) is 20.8 Å². The number of rotatable bonds is 3. The minimum absolute atomic E-state index is 0.303. The number of nitrogens with two attached hydrogens (primary N) is 1. The van der Waals surface area contributed by atoms with Crippen molar-refractivity contribution >= 4 is 0 Å². The van der Waals surface area contributed by atoms with Gasteiger partial charge in [-0.15, -0.1) is 13.2 Å². The van der Waals surface area contributed by atoms with Crippen LogP contribution < -0.4 is 15.2 Å². The molecule has 1 atom stereocenters. The highest BCUT2D eigenvalue weighted by molar-refractivity contribution is 5.42. The van der Waals surface area contributed by atoms with Crippen molar-refractivity contribution in [2.45, 2.75) is 33.2 Å². The van der Waals surface area contributed by atoms with E-state index in [9.17, 15) is 13.2 Å². The maximum absolute atomic E-state index is 12.2. The van der Waals surface area contributed by atoms with Crippen molar-refractivity contribution in [1.29, 1.82) is 0 Å². The van der Waals surface area contributed by atoms with E-state index in [0.29, 0.717) is 11.3 Å². The van der Waals surface area contributed by atoms with Gasteiger partial charge in [0, 0.05) is 11.6 Å². The second kappa shape index (κ2) is 5.28. The van der Waals surface area contributed by atoms with E-state index in [1.807, 2.05) is 20.8 Å². The molecule has 108 valence electrons. The molecule has 0 heterocycles. The molecule has 1 rings (SSSR count). The fourth-order valence-electron chi connectivity index (χ4n) is 1.62. The predicted molar refractivity (Wildman–Crippen MR) is 66.1 cm³/mol. The second-order valence-corrected chi connectivity index (χ2v) is 5.30. The molecule has 0 radical (unpaired) electrons. The molecule has 19 heavy (non-hydrogen) atoms. The lowest BCUT2D eigenvalue weighted by molar-refractivity contribution is -0.274. The average Bonchev–Trinajstić information content (AvgIpc) is 2.24. The van der Waals surface area contributed by atoms with Crippen LogP contribution in [0.5, 0.6) is 11.5 Å². The minimum Gasteiger partial charge on any atom is -0.496 e. The van der Waals surface area contributed by atoms with Crippen molar-refractivity contribution in [3.63, 3.8) is 0 Å². The largest absolute Gasteiger partial charge is 0.573 e. The van der Waals surface area contributed by atoms with Crippen molar-refractivity contribution in [3.8, 4) is 11.5 Å². The Bertz CT molecular complexity index is 438. The van der Waals surface area contributed by atoms with Gasteiger partial charge < -0.3 is 15.2 Å². The van der Waals surface area contributed by atoms with Gasteiger partial charge in [0.15, 0.2) is 0 Å². The van der Waals surface area contributed by atoms with Gasteiger partial charge >= 0.3 is 6.36 Å². The highest BCUT2D eigenvalue weighted by atomic mass is 19.4. The normalized spacial score (nSPS) is 14.1. The average molecular weight is 277 g/mol. The maximum Gasteiger partial charge on any atom is 0.573 e. The zero-order valence-electron chi connectivity index (χ0n) is 11.3. The van der Waals surface area contributed by atoms with Gasteiger partial charge in [-0.25, -0.2) is 0 Å². The fraction of sp³-hybridized carbons (Fsp3) is 0.538. The van der Waals surface area contributed by atoms with Gasteiger partial charge in [-0.3, -0.25) is 0 Å². The van der Waals surface area contributed by atoms with Crippen LogP contribution in [0.25, 0.3) is 0 Å². The van der Waals surface area contributed by atoms with Gasteiger partial charge in [-0.05, 0) is 23.6 Å². The minimum atomic E-state index is -4.72. The summed E-state index contributed by atoms with van der Waals surface area (Å²) >= 11 is 0. The highest BCUT2D eigenvalue weighted by Crippen LogP contribution is 2.38. The lowest BCUT2D eigenvalue weighted by Gasteiger charge is -2.29. The summed E-state index contributed by atoms with van der Waals surface area (Å²) in [6.07, 6.45) is -4.72. The summed E-state index contributed by atoms with van der Waals surface area (Å²) in [6, 6.07) is 3.41. The van der Waals surface area contributed by atoms with Crippen LogP contribution in [-0.2, 0) is 0 Å². The zero-order chi connectivity index (χ0) is 14.8. The van der Waals surface area contributed by atoms with E-state index in [4.69, 9.17) is 10.5 Å². The van der Waals surface area contributed by atoms with E-state index in [1.54, 1.807) is 0 Å². The van der Waals surface area contributed by atoms with Crippen LogP contribution in [0.2, 0.25) is 0 Å². The summed E-state index contributed by atoms with van der Waals surface area (Å²) in [5.41, 5.74) is 6.23. The van der Waals surface area contributed by atoms with E-state index < -0.39 is 12.4 Å². The predicted octanol–water partition coefficient (Wildman–Crippen LogP) is 3.64. The van der Waals surface area contributed by atoms with Crippen molar-refractivity contribution in [2.24, 2.45) is 11.1 Å². The van der Waals surface area contributed by atoms with Crippen LogP contribution in [0.3, 0.4) is 0 Å². The molecule has 2 N–H and O–H groups in total. The molecule has 0 fully saturated rings. The first-order chi connectivity index (χ1) is 8.54. The van der Waals surface area contributed by atoms with Crippen LogP contribution in [0, 0.1) is 5.41 Å². The topological polar surface area (TPSA) is 44.5 Å². The van der Waals surface area contributed by atoms with Crippen LogP contribution in [0.15, 0.2) is 18.2 Å². The van der Waals surface area contributed by atoms with Crippen molar-refractivity contribution in [3.05, 3.63) is 23.8 Å². The number of ether oxygens (including phenoxy) is 2. The molecule has 0 unspecified atom stereocenters. The number of halogens is 3. The van der Waals surface area contributed by atoms with Crippen LogP contribution >= 0.6 is 0 Å². The molecule has 0 spiro atoms. The summed E-state index contributed by atoms with van der Waals surface area (Å²) in [5, 5.41) is 0. The Labute approximate surface area is 110 Å². The Morgan fingerprint density at radius 3 is 2.16 bits per heavy atom. The molecule has 3 nitrogen and oxygen atoms in total. The zero-order valence-corrected chi connectivity index (χ0v) is 11.3. The Balaban J connectivity index is 3.17. The van der Waals surface area contributed by atoms with Crippen LogP contribution in [0.1, 0.15) is 32.4 Å². The molecule has 0 bridgehead atoms. The Kier molecular flexibility index (Phi) is 4.35. The third kappa shape index (κ3) is 4.31. The van der Waals surface area contributed by atoms with E-state index in [0.717, 1.165) is 0 Å². The number of alkyl halides is 3. The summed E-state index contributed by atoms with van der Waals surface area (Å²) in [6.45, 7) is 5.69. The van der Waals surface area contributed by atoms with E-state index >= 15 is 0 Å². The quantitative estimate of drug-likeness (QED) is 0.917. The third-order valence-electron chi connectivity index (χ3n) is 2.70. The standard InChI is InChI=1S/C13H18F3NO2/c1-12(2,3)11(17)9-7-8(19-13(14,15)16)5-6-10(9)18-4/h5-7,11H,17H2,1-4H3/t11-/m0/s1. The first-order valence-corrected chi connectivity index (χ1v) is 5.74. The fourth-order valence-corrected chi connectivity index (χ4v) is 1.62. The van der Waals surface area contributed by atoms with Gasteiger partial charge in [0.05, 0.1) is 7.11 Å². The third-order valence-corrected chi connectivity index (χ3v) is 2.70. The molecule has 0 aliphatic rings. The molecule has 1 aromatic carbocycles. The van der Waals surface area contributed by atoms with Gasteiger partial charge in [-0.2, -0.15) is 0 Å². The van der Waals surface area contributed by atoms with E-state index in [2.05, 4.69) is 4.74 Å². The summed E-state index contributed by atoms with van der Waals surface area (Å²) in [4.78, 5) is 0. The van der Waals surface area contributed by atoms with Crippen molar-refractivity contribution < 1.29 is 22.6 Å². The van der Waals surface area contributed by atoms with E-state index in [-0.39, 0.29) is 11.2 Å². The SMILES string of the molecule is COc1ccc(OC(F)(F)F)cc1[C@H](N)C(C)(C)C. The maximum atomic E-state index is 12.2. The molecule has 0 aromatic heterocycles.